The number of fused-ring (bicyclic) bond motifs is 1. The van der Waals surface area contributed by atoms with E-state index in [1.807, 2.05) is 0 Å². The third kappa shape index (κ3) is 3.36. The van der Waals surface area contributed by atoms with E-state index >= 15 is 0 Å². The molecule has 0 radical (unpaired) electrons. The van der Waals surface area contributed by atoms with Gasteiger partial charge in [-0.1, -0.05) is 0 Å². The van der Waals surface area contributed by atoms with Gasteiger partial charge in [0.2, 0.25) is 11.8 Å². The highest BCUT2D eigenvalue weighted by atomic mass is 16.5. The normalized spacial score (nSPS) is 13.4. The van der Waals surface area contributed by atoms with Gasteiger partial charge in [0.15, 0.2) is 11.5 Å². The average Bonchev–Trinajstić information content (AvgIpc) is 3.53. The second kappa shape index (κ2) is 6.75. The zero-order valence-corrected chi connectivity index (χ0v) is 14.9. The van der Waals surface area contributed by atoms with Crippen LogP contribution in [-0.2, 0) is 4.79 Å². The molecule has 4 rings (SSSR count). The first-order valence-electron chi connectivity index (χ1n) is 8.57. The number of rotatable bonds is 5. The highest BCUT2D eigenvalue weighted by molar-refractivity contribution is 5.94. The van der Waals surface area contributed by atoms with E-state index in [1.54, 1.807) is 36.4 Å². The molecule has 1 aliphatic carbocycles. The smallest absolute Gasteiger partial charge is 0.347 e. The maximum absolute atomic E-state index is 12.4. The van der Waals surface area contributed by atoms with Crippen molar-refractivity contribution in [3.8, 4) is 23.0 Å². The minimum atomic E-state index is -0.512. The Kier molecular flexibility index (Phi) is 4.27. The number of carbonyl (C=O) groups excluding carboxylic acids is 1. The van der Waals surface area contributed by atoms with Gasteiger partial charge in [-0.2, -0.15) is 0 Å². The molecule has 1 aromatic heterocycles. The number of aromatic nitrogens is 1. The molecule has 1 aliphatic rings. The fraction of sp³-hybridized carbons (Fsp3) is 0.250. The summed E-state index contributed by atoms with van der Waals surface area (Å²) in [5.74, 6) is 1.28. The summed E-state index contributed by atoms with van der Waals surface area (Å²) < 4.78 is 15.8. The number of methoxy groups -OCH3 is 2. The van der Waals surface area contributed by atoms with Gasteiger partial charge in [-0.25, -0.2) is 9.78 Å². The second-order valence-corrected chi connectivity index (χ2v) is 6.37. The van der Waals surface area contributed by atoms with Crippen LogP contribution in [0.25, 0.3) is 22.4 Å². The van der Waals surface area contributed by atoms with E-state index in [0.29, 0.717) is 33.7 Å². The third-order valence-corrected chi connectivity index (χ3v) is 4.48. The van der Waals surface area contributed by atoms with Crippen LogP contribution in [0.15, 0.2) is 45.6 Å². The fourth-order valence-electron chi connectivity index (χ4n) is 2.81. The Bertz CT molecular complexity index is 1070. The SMILES string of the molecule is COc1cc2nc(-c3ccc(NC(=O)C4CC4)cc3)oc(=O)c2cc1OC. The Hall–Kier alpha value is -3.35. The van der Waals surface area contributed by atoms with Crippen molar-refractivity contribution in [2.75, 3.05) is 19.5 Å². The van der Waals surface area contributed by atoms with Crippen LogP contribution < -0.4 is 20.4 Å². The Morgan fingerprint density at radius 3 is 2.41 bits per heavy atom. The number of nitrogens with zero attached hydrogens (tertiary/aromatic N) is 1. The zero-order chi connectivity index (χ0) is 19.0. The molecule has 0 aliphatic heterocycles. The first kappa shape index (κ1) is 17.1. The molecule has 27 heavy (non-hydrogen) atoms. The van der Waals surface area contributed by atoms with E-state index in [0.717, 1.165) is 12.8 Å². The van der Waals surface area contributed by atoms with E-state index in [4.69, 9.17) is 13.9 Å². The molecule has 1 saturated carbocycles. The number of hydrogen-bond acceptors (Lipinski definition) is 6. The number of benzene rings is 2. The summed E-state index contributed by atoms with van der Waals surface area (Å²) in [6.45, 7) is 0. The minimum absolute atomic E-state index is 0.0409. The van der Waals surface area contributed by atoms with E-state index in [9.17, 15) is 9.59 Å². The molecule has 1 fully saturated rings. The molecular formula is C20H18N2O5. The summed E-state index contributed by atoms with van der Waals surface area (Å²) in [5, 5.41) is 3.18. The number of ether oxygens (including phenoxy) is 2. The van der Waals surface area contributed by atoms with Gasteiger partial charge in [-0.05, 0) is 37.1 Å². The molecular weight excluding hydrogens is 348 g/mol. The molecule has 7 nitrogen and oxygen atoms in total. The van der Waals surface area contributed by atoms with Crippen LogP contribution in [0.2, 0.25) is 0 Å². The zero-order valence-electron chi connectivity index (χ0n) is 14.9. The number of amides is 1. The number of hydrogen-bond donors (Lipinski definition) is 1. The van der Waals surface area contributed by atoms with Crippen LogP contribution in [0.1, 0.15) is 12.8 Å². The van der Waals surface area contributed by atoms with Crippen molar-refractivity contribution in [1.29, 1.82) is 0 Å². The van der Waals surface area contributed by atoms with Crippen molar-refractivity contribution in [3.63, 3.8) is 0 Å². The number of carbonyl (C=O) groups is 1. The van der Waals surface area contributed by atoms with Crippen LogP contribution >= 0.6 is 0 Å². The van der Waals surface area contributed by atoms with E-state index in [1.165, 1.54) is 14.2 Å². The lowest BCUT2D eigenvalue weighted by Gasteiger charge is -2.09. The quantitative estimate of drug-likeness (QED) is 0.746. The lowest BCUT2D eigenvalue weighted by atomic mass is 10.2. The predicted molar refractivity (Wildman–Crippen MR) is 100 cm³/mol. The molecule has 0 unspecified atom stereocenters. The summed E-state index contributed by atoms with van der Waals surface area (Å²) in [7, 11) is 3.02. The van der Waals surface area contributed by atoms with Crippen LogP contribution in [0.5, 0.6) is 11.5 Å². The topological polar surface area (TPSA) is 90.7 Å². The Balaban J connectivity index is 1.68. The van der Waals surface area contributed by atoms with Crippen LogP contribution in [0.4, 0.5) is 5.69 Å². The van der Waals surface area contributed by atoms with Crippen molar-refractivity contribution in [1.82, 2.24) is 4.98 Å². The first-order valence-corrected chi connectivity index (χ1v) is 8.57. The molecule has 1 heterocycles. The molecule has 3 aromatic rings. The molecule has 1 amide bonds. The summed E-state index contributed by atoms with van der Waals surface area (Å²) in [6, 6.07) is 10.2. The van der Waals surface area contributed by atoms with E-state index < -0.39 is 5.63 Å². The van der Waals surface area contributed by atoms with E-state index in [2.05, 4.69) is 10.3 Å². The summed E-state index contributed by atoms with van der Waals surface area (Å²) in [6.07, 6.45) is 1.90. The number of nitrogens with one attached hydrogen (secondary N) is 1. The number of anilines is 1. The molecule has 7 heteroatoms. The van der Waals surface area contributed by atoms with Gasteiger partial charge in [0.1, 0.15) is 0 Å². The average molecular weight is 366 g/mol. The Labute approximate surface area is 154 Å². The molecule has 0 atom stereocenters. The van der Waals surface area contributed by atoms with Crippen molar-refractivity contribution in [2.45, 2.75) is 12.8 Å². The van der Waals surface area contributed by atoms with Gasteiger partial charge in [0, 0.05) is 29.3 Å². The van der Waals surface area contributed by atoms with Crippen molar-refractivity contribution in [2.24, 2.45) is 5.92 Å². The van der Waals surface area contributed by atoms with Gasteiger partial charge in [0.05, 0.1) is 25.1 Å². The maximum Gasteiger partial charge on any atom is 0.347 e. The van der Waals surface area contributed by atoms with E-state index in [-0.39, 0.29) is 17.7 Å². The summed E-state index contributed by atoms with van der Waals surface area (Å²) in [4.78, 5) is 28.6. The van der Waals surface area contributed by atoms with Gasteiger partial charge < -0.3 is 19.2 Å². The van der Waals surface area contributed by atoms with Crippen LogP contribution in [0.3, 0.4) is 0 Å². The molecule has 138 valence electrons. The Morgan fingerprint density at radius 1 is 1.11 bits per heavy atom. The monoisotopic (exact) mass is 366 g/mol. The Morgan fingerprint density at radius 2 is 1.78 bits per heavy atom. The van der Waals surface area contributed by atoms with Gasteiger partial charge >= 0.3 is 5.63 Å². The maximum atomic E-state index is 12.4. The largest absolute Gasteiger partial charge is 0.493 e. The second-order valence-electron chi connectivity index (χ2n) is 6.37. The molecule has 2 aromatic carbocycles. The molecule has 0 spiro atoms. The van der Waals surface area contributed by atoms with Crippen LogP contribution in [-0.4, -0.2) is 25.1 Å². The first-order chi connectivity index (χ1) is 13.1. The van der Waals surface area contributed by atoms with Crippen molar-refractivity contribution in [3.05, 3.63) is 46.8 Å². The molecule has 0 bridgehead atoms. The fourth-order valence-corrected chi connectivity index (χ4v) is 2.81. The summed E-state index contributed by atoms with van der Waals surface area (Å²) >= 11 is 0. The van der Waals surface area contributed by atoms with Gasteiger partial charge in [-0.15, -0.1) is 0 Å². The highest BCUT2D eigenvalue weighted by Crippen LogP contribution is 2.32. The summed E-state index contributed by atoms with van der Waals surface area (Å²) in [5.41, 5.74) is 1.27. The lowest BCUT2D eigenvalue weighted by molar-refractivity contribution is -0.117. The third-order valence-electron chi connectivity index (χ3n) is 4.48. The molecule has 1 N–H and O–H groups in total. The van der Waals surface area contributed by atoms with Crippen molar-refractivity contribution >= 4 is 22.5 Å². The van der Waals surface area contributed by atoms with Crippen molar-refractivity contribution < 1.29 is 18.7 Å². The molecule has 0 saturated heterocycles. The highest BCUT2D eigenvalue weighted by Gasteiger charge is 2.29. The lowest BCUT2D eigenvalue weighted by Crippen LogP contribution is -2.13. The predicted octanol–water partition coefficient (Wildman–Crippen LogP) is 3.22. The standard InChI is InChI=1S/C20H18N2O5/c1-25-16-9-14-15(10-17(16)26-2)22-19(27-20(14)24)12-5-7-13(8-6-12)21-18(23)11-3-4-11/h5-11H,3-4H2,1-2H3,(H,21,23). The van der Waals surface area contributed by atoms with Gasteiger partial charge in [0.25, 0.3) is 0 Å². The van der Waals surface area contributed by atoms with Gasteiger partial charge in [-0.3, -0.25) is 4.79 Å². The van der Waals surface area contributed by atoms with Crippen LogP contribution in [0, 0.1) is 5.92 Å². The minimum Gasteiger partial charge on any atom is -0.493 e.